The molecule has 1 aromatic carbocycles. The summed E-state index contributed by atoms with van der Waals surface area (Å²) in [5, 5.41) is 13.2. The van der Waals surface area contributed by atoms with Crippen molar-refractivity contribution in [3.05, 3.63) is 58.1 Å². The van der Waals surface area contributed by atoms with Crippen molar-refractivity contribution in [3.8, 4) is 23.5 Å². The van der Waals surface area contributed by atoms with Crippen LogP contribution in [0.15, 0.2) is 41.1 Å². The van der Waals surface area contributed by atoms with Crippen molar-refractivity contribution in [2.24, 2.45) is 0 Å². The van der Waals surface area contributed by atoms with Gasteiger partial charge in [-0.1, -0.05) is 0 Å². The van der Waals surface area contributed by atoms with Gasteiger partial charge in [0.2, 0.25) is 0 Å². The molecule has 4 aromatic rings. The highest BCUT2D eigenvalue weighted by Crippen LogP contribution is 2.33. The van der Waals surface area contributed by atoms with Crippen molar-refractivity contribution in [2.75, 3.05) is 13.2 Å². The molecule has 3 aromatic heterocycles. The molecule has 0 saturated carbocycles. The zero-order valence-corrected chi connectivity index (χ0v) is 18.3. The van der Waals surface area contributed by atoms with Crippen LogP contribution in [0.5, 0.6) is 5.75 Å². The molecule has 0 atom stereocenters. The van der Waals surface area contributed by atoms with Crippen LogP contribution in [0.2, 0.25) is 0 Å². The topological polar surface area (TPSA) is 90.8 Å². The number of rotatable bonds is 5. The van der Waals surface area contributed by atoms with Gasteiger partial charge >= 0.3 is 0 Å². The molecule has 0 unspecified atom stereocenters. The van der Waals surface area contributed by atoms with Crippen LogP contribution in [0.1, 0.15) is 23.4 Å². The molecule has 0 spiro atoms. The van der Waals surface area contributed by atoms with Gasteiger partial charge in [0.15, 0.2) is 11.5 Å². The number of hydrogen-bond donors (Lipinski definition) is 0. The Balaban J connectivity index is 1.64. The number of halogens is 3. The molecule has 1 saturated heterocycles. The summed E-state index contributed by atoms with van der Waals surface area (Å²) in [5.41, 5.74) is 1.73. The number of ether oxygens (including phenoxy) is 2. The van der Waals surface area contributed by atoms with Crippen molar-refractivity contribution in [1.82, 2.24) is 24.3 Å². The van der Waals surface area contributed by atoms with E-state index in [0.717, 1.165) is 4.47 Å². The van der Waals surface area contributed by atoms with E-state index >= 15 is 0 Å². The summed E-state index contributed by atoms with van der Waals surface area (Å²) < 4.78 is 42.2. The molecule has 8 nitrogen and oxygen atoms in total. The van der Waals surface area contributed by atoms with Gasteiger partial charge in [0.25, 0.3) is 6.43 Å². The lowest BCUT2D eigenvalue weighted by atomic mass is 10.2. The highest BCUT2D eigenvalue weighted by Gasteiger charge is 2.23. The van der Waals surface area contributed by atoms with Crippen LogP contribution in [-0.2, 0) is 4.74 Å². The fourth-order valence-corrected chi connectivity index (χ4v) is 3.84. The molecule has 1 aliphatic rings. The van der Waals surface area contributed by atoms with Gasteiger partial charge in [0.1, 0.15) is 30.1 Å². The predicted octanol–water partition coefficient (Wildman–Crippen LogP) is 4.26. The maximum Gasteiger partial charge on any atom is 0.267 e. The maximum absolute atomic E-state index is 13.7. The molecule has 162 valence electrons. The minimum atomic E-state index is -2.76. The third-order valence-corrected chi connectivity index (χ3v) is 5.70. The fraction of sp³-hybridized carbons (Fsp3) is 0.238. The minimum absolute atomic E-state index is 0.0210. The Hall–Kier alpha value is -3.36. The number of aryl methyl sites for hydroxylation is 1. The Labute approximate surface area is 189 Å². The van der Waals surface area contributed by atoms with Crippen molar-refractivity contribution >= 4 is 27.0 Å². The minimum Gasteiger partial charge on any atom is -0.484 e. The average Bonchev–Trinajstić information content (AvgIpc) is 3.32. The summed E-state index contributed by atoms with van der Waals surface area (Å²) in [7, 11) is 0. The Morgan fingerprint density at radius 2 is 2.09 bits per heavy atom. The van der Waals surface area contributed by atoms with Gasteiger partial charge in [-0.2, -0.15) is 10.4 Å². The molecular weight excluding hydrogens is 486 g/mol. The number of alkyl halides is 2. The predicted molar refractivity (Wildman–Crippen MR) is 113 cm³/mol. The standard InChI is InChI=1S/C21H15BrF2N6O2/c1-11-4-12(7-25)28-30(11)21-14(20(23)24)2-3-19(27-21)29-10-26-16-5-15(22)18(6-17(16)29)32-13-8-31-9-13/h2-6,10,13,20H,8-9H2,1H3. The Morgan fingerprint density at radius 1 is 1.28 bits per heavy atom. The lowest BCUT2D eigenvalue weighted by molar-refractivity contribution is -0.0799. The molecule has 1 fully saturated rings. The lowest BCUT2D eigenvalue weighted by Crippen LogP contribution is -2.38. The Kier molecular flexibility index (Phi) is 5.11. The van der Waals surface area contributed by atoms with E-state index in [9.17, 15) is 8.78 Å². The van der Waals surface area contributed by atoms with Crippen molar-refractivity contribution in [3.63, 3.8) is 0 Å². The monoisotopic (exact) mass is 500 g/mol. The summed E-state index contributed by atoms with van der Waals surface area (Å²) in [6.45, 7) is 2.73. The summed E-state index contributed by atoms with van der Waals surface area (Å²) in [6, 6.07) is 9.89. The quantitative estimate of drug-likeness (QED) is 0.406. The van der Waals surface area contributed by atoms with Gasteiger partial charge in [0, 0.05) is 11.8 Å². The number of nitriles is 1. The summed E-state index contributed by atoms with van der Waals surface area (Å²) in [6.07, 6.45) is -1.22. The van der Waals surface area contributed by atoms with E-state index in [-0.39, 0.29) is 23.2 Å². The third kappa shape index (κ3) is 3.51. The maximum atomic E-state index is 13.7. The second kappa shape index (κ2) is 7.96. The molecule has 0 bridgehead atoms. The normalized spacial score (nSPS) is 14.0. The average molecular weight is 501 g/mol. The second-order valence-electron chi connectivity index (χ2n) is 7.24. The fourth-order valence-electron chi connectivity index (χ4n) is 3.41. The van der Waals surface area contributed by atoms with Crippen LogP contribution in [0.4, 0.5) is 8.78 Å². The van der Waals surface area contributed by atoms with Gasteiger partial charge in [-0.25, -0.2) is 23.4 Å². The van der Waals surface area contributed by atoms with Crippen LogP contribution in [0.25, 0.3) is 22.7 Å². The number of hydrogen-bond acceptors (Lipinski definition) is 6. The van der Waals surface area contributed by atoms with E-state index in [0.29, 0.717) is 41.5 Å². The molecule has 0 N–H and O–H groups in total. The van der Waals surface area contributed by atoms with Crippen LogP contribution < -0.4 is 4.74 Å². The van der Waals surface area contributed by atoms with Crippen molar-refractivity contribution < 1.29 is 18.3 Å². The number of pyridine rings is 1. The summed E-state index contributed by atoms with van der Waals surface area (Å²) in [4.78, 5) is 8.87. The van der Waals surface area contributed by atoms with Crippen LogP contribution in [0, 0.1) is 18.3 Å². The first kappa shape index (κ1) is 20.5. The number of fused-ring (bicyclic) bond motifs is 1. The van der Waals surface area contributed by atoms with Gasteiger partial charge in [-0.05, 0) is 47.1 Å². The van der Waals surface area contributed by atoms with E-state index in [1.807, 2.05) is 18.2 Å². The zero-order chi connectivity index (χ0) is 22.4. The molecule has 1 aliphatic heterocycles. The first-order chi connectivity index (χ1) is 15.4. The van der Waals surface area contributed by atoms with Crippen molar-refractivity contribution in [1.29, 1.82) is 5.26 Å². The first-order valence-electron chi connectivity index (χ1n) is 9.62. The molecule has 0 aliphatic carbocycles. The molecule has 32 heavy (non-hydrogen) atoms. The van der Waals surface area contributed by atoms with Gasteiger partial charge in [-0.3, -0.25) is 4.57 Å². The molecule has 4 heterocycles. The van der Waals surface area contributed by atoms with E-state index in [1.54, 1.807) is 17.8 Å². The van der Waals surface area contributed by atoms with E-state index < -0.39 is 6.43 Å². The van der Waals surface area contributed by atoms with E-state index in [2.05, 4.69) is 31.0 Å². The second-order valence-corrected chi connectivity index (χ2v) is 8.10. The number of aromatic nitrogens is 5. The SMILES string of the molecule is Cc1cc(C#N)nn1-c1nc(-n2cnc3cc(Br)c(OC4COC4)cc32)ccc1C(F)F. The zero-order valence-electron chi connectivity index (χ0n) is 16.7. The summed E-state index contributed by atoms with van der Waals surface area (Å²) in [5.74, 6) is 0.956. The number of imidazole rings is 1. The number of benzene rings is 1. The van der Waals surface area contributed by atoms with Gasteiger partial charge < -0.3 is 9.47 Å². The number of nitrogens with zero attached hydrogens (tertiary/aromatic N) is 6. The van der Waals surface area contributed by atoms with E-state index in [4.69, 9.17) is 14.7 Å². The highest BCUT2D eigenvalue weighted by atomic mass is 79.9. The molecule has 0 radical (unpaired) electrons. The molecule has 5 rings (SSSR count). The van der Waals surface area contributed by atoms with Crippen LogP contribution in [0.3, 0.4) is 0 Å². The summed E-state index contributed by atoms with van der Waals surface area (Å²) >= 11 is 3.50. The molecule has 0 amide bonds. The van der Waals surface area contributed by atoms with Crippen molar-refractivity contribution in [2.45, 2.75) is 19.5 Å². The third-order valence-electron chi connectivity index (χ3n) is 5.08. The highest BCUT2D eigenvalue weighted by molar-refractivity contribution is 9.10. The Bertz CT molecular complexity index is 1370. The van der Waals surface area contributed by atoms with Gasteiger partial charge in [-0.15, -0.1) is 0 Å². The van der Waals surface area contributed by atoms with Gasteiger partial charge in [0.05, 0.1) is 34.3 Å². The van der Waals surface area contributed by atoms with Crippen LogP contribution in [-0.4, -0.2) is 43.6 Å². The van der Waals surface area contributed by atoms with Crippen LogP contribution >= 0.6 is 15.9 Å². The largest absolute Gasteiger partial charge is 0.484 e. The Morgan fingerprint density at radius 3 is 2.75 bits per heavy atom. The molecular formula is C21H15BrF2N6O2. The lowest BCUT2D eigenvalue weighted by Gasteiger charge is -2.27. The first-order valence-corrected chi connectivity index (χ1v) is 10.4. The molecule has 11 heteroatoms. The van der Waals surface area contributed by atoms with E-state index in [1.165, 1.54) is 22.9 Å². The smallest absolute Gasteiger partial charge is 0.267 e.